The maximum Gasteiger partial charge on any atom is 0.258 e. The van der Waals surface area contributed by atoms with Crippen molar-refractivity contribution in [1.29, 1.82) is 0 Å². The summed E-state index contributed by atoms with van der Waals surface area (Å²) in [6.07, 6.45) is 1.58. The van der Waals surface area contributed by atoms with Gasteiger partial charge in [0.05, 0.1) is 12.8 Å². The summed E-state index contributed by atoms with van der Waals surface area (Å²) in [5.74, 6) is 1.69. The molecule has 4 heteroatoms. The van der Waals surface area contributed by atoms with Crippen molar-refractivity contribution < 1.29 is 13.9 Å². The van der Waals surface area contributed by atoms with Crippen LogP contribution in [0.5, 0.6) is 5.75 Å². The van der Waals surface area contributed by atoms with Gasteiger partial charge in [0.1, 0.15) is 11.5 Å². The van der Waals surface area contributed by atoms with E-state index in [1.807, 2.05) is 19.1 Å². The van der Waals surface area contributed by atoms with Crippen LogP contribution in [0.3, 0.4) is 0 Å². The molecule has 1 aromatic heterocycles. The summed E-state index contributed by atoms with van der Waals surface area (Å²) in [6.45, 7) is 6.60. The molecule has 4 nitrogen and oxygen atoms in total. The number of carbonyl (C=O) groups is 1. The van der Waals surface area contributed by atoms with Gasteiger partial charge in [-0.05, 0) is 42.2 Å². The quantitative estimate of drug-likeness (QED) is 0.885. The van der Waals surface area contributed by atoms with E-state index in [0.29, 0.717) is 12.5 Å². The molecule has 0 aliphatic heterocycles. The first-order valence-electron chi connectivity index (χ1n) is 7.08. The van der Waals surface area contributed by atoms with E-state index in [0.717, 1.165) is 22.6 Å². The summed E-state index contributed by atoms with van der Waals surface area (Å²) in [5, 5.41) is 2.76. The van der Waals surface area contributed by atoms with Crippen LogP contribution in [0.4, 0.5) is 0 Å². The fourth-order valence-corrected chi connectivity index (χ4v) is 2.04. The lowest BCUT2D eigenvalue weighted by Gasteiger charge is -2.14. The summed E-state index contributed by atoms with van der Waals surface area (Å²) < 4.78 is 10.8. The molecular formula is C17H21NO3. The van der Waals surface area contributed by atoms with Crippen LogP contribution in [0, 0.1) is 6.92 Å². The Labute approximate surface area is 125 Å². The zero-order chi connectivity index (χ0) is 15.2. The highest BCUT2D eigenvalue weighted by molar-refractivity contribution is 5.77. The molecule has 0 saturated heterocycles. The van der Waals surface area contributed by atoms with Gasteiger partial charge < -0.3 is 14.5 Å². The molecule has 0 atom stereocenters. The van der Waals surface area contributed by atoms with Crippen LogP contribution in [0.1, 0.15) is 36.7 Å². The van der Waals surface area contributed by atoms with Crippen LogP contribution in [0.15, 0.2) is 41.0 Å². The minimum absolute atomic E-state index is 0.00385. The molecule has 0 bridgehead atoms. The maximum absolute atomic E-state index is 11.8. The molecule has 0 fully saturated rings. The van der Waals surface area contributed by atoms with E-state index in [1.165, 1.54) is 0 Å². The molecule has 0 saturated carbocycles. The summed E-state index contributed by atoms with van der Waals surface area (Å²) in [6, 6.07) is 9.68. The van der Waals surface area contributed by atoms with Crippen LogP contribution < -0.4 is 10.1 Å². The van der Waals surface area contributed by atoms with E-state index in [9.17, 15) is 4.79 Å². The standard InChI is InChI=1S/C17H21NO3/c1-12(2)15-7-6-13(3)9-16(15)21-11-17(19)18-10-14-5-4-8-20-14/h4-9,12H,10-11H2,1-3H3,(H,18,19). The number of hydrogen-bond acceptors (Lipinski definition) is 3. The van der Waals surface area contributed by atoms with Crippen LogP contribution in [-0.2, 0) is 11.3 Å². The Kier molecular flexibility index (Phi) is 5.04. The number of benzene rings is 1. The molecule has 1 N–H and O–H groups in total. The SMILES string of the molecule is Cc1ccc(C(C)C)c(OCC(=O)NCc2ccco2)c1. The van der Waals surface area contributed by atoms with Crippen molar-refractivity contribution in [3.63, 3.8) is 0 Å². The van der Waals surface area contributed by atoms with Crippen LogP contribution in [0.25, 0.3) is 0 Å². The first-order valence-corrected chi connectivity index (χ1v) is 7.08. The molecule has 0 aliphatic carbocycles. The number of nitrogens with one attached hydrogen (secondary N) is 1. The molecule has 21 heavy (non-hydrogen) atoms. The molecule has 112 valence electrons. The second-order valence-electron chi connectivity index (χ2n) is 5.34. The number of ether oxygens (including phenoxy) is 1. The highest BCUT2D eigenvalue weighted by atomic mass is 16.5. The van der Waals surface area contributed by atoms with Gasteiger partial charge in [0, 0.05) is 0 Å². The predicted molar refractivity (Wildman–Crippen MR) is 81.3 cm³/mol. The molecule has 0 aliphatic rings. The Morgan fingerprint density at radius 2 is 2.14 bits per heavy atom. The largest absolute Gasteiger partial charge is 0.483 e. The Morgan fingerprint density at radius 3 is 2.81 bits per heavy atom. The summed E-state index contributed by atoms with van der Waals surface area (Å²) >= 11 is 0. The third kappa shape index (κ3) is 4.38. The molecule has 0 spiro atoms. The molecule has 1 aromatic carbocycles. The fraction of sp³-hybridized carbons (Fsp3) is 0.353. The maximum atomic E-state index is 11.8. The Bertz CT molecular complexity index is 588. The zero-order valence-corrected chi connectivity index (χ0v) is 12.7. The van der Waals surface area contributed by atoms with Crippen molar-refractivity contribution in [3.8, 4) is 5.75 Å². The van der Waals surface area contributed by atoms with E-state index in [4.69, 9.17) is 9.15 Å². The topological polar surface area (TPSA) is 51.5 Å². The van der Waals surface area contributed by atoms with Gasteiger partial charge in [0.15, 0.2) is 6.61 Å². The van der Waals surface area contributed by atoms with Crippen molar-refractivity contribution in [2.75, 3.05) is 6.61 Å². The molecule has 2 rings (SSSR count). The van der Waals surface area contributed by atoms with Gasteiger partial charge in [-0.3, -0.25) is 4.79 Å². The average Bonchev–Trinajstić information content (AvgIpc) is 2.96. The Hall–Kier alpha value is -2.23. The normalized spacial score (nSPS) is 10.7. The molecular weight excluding hydrogens is 266 g/mol. The lowest BCUT2D eigenvalue weighted by atomic mass is 10.0. The smallest absolute Gasteiger partial charge is 0.258 e. The van der Waals surface area contributed by atoms with Crippen molar-refractivity contribution in [3.05, 3.63) is 53.5 Å². The van der Waals surface area contributed by atoms with Crippen LogP contribution in [-0.4, -0.2) is 12.5 Å². The van der Waals surface area contributed by atoms with Crippen molar-refractivity contribution in [2.45, 2.75) is 33.2 Å². The van der Waals surface area contributed by atoms with Gasteiger partial charge in [-0.25, -0.2) is 0 Å². The van der Waals surface area contributed by atoms with Gasteiger partial charge in [-0.15, -0.1) is 0 Å². The van der Waals surface area contributed by atoms with Gasteiger partial charge >= 0.3 is 0 Å². The first kappa shape index (κ1) is 15.2. The zero-order valence-electron chi connectivity index (χ0n) is 12.7. The van der Waals surface area contributed by atoms with E-state index >= 15 is 0 Å². The molecule has 2 aromatic rings. The van der Waals surface area contributed by atoms with E-state index in [2.05, 4.69) is 31.3 Å². The highest BCUT2D eigenvalue weighted by Crippen LogP contribution is 2.27. The minimum Gasteiger partial charge on any atom is -0.483 e. The predicted octanol–water partition coefficient (Wildman–Crippen LogP) is 3.41. The van der Waals surface area contributed by atoms with Crippen LogP contribution >= 0.6 is 0 Å². The summed E-state index contributed by atoms with van der Waals surface area (Å²) in [4.78, 5) is 11.8. The fourth-order valence-electron chi connectivity index (χ4n) is 2.04. The van der Waals surface area contributed by atoms with Gasteiger partial charge in [0.2, 0.25) is 0 Å². The van der Waals surface area contributed by atoms with Crippen molar-refractivity contribution in [2.24, 2.45) is 0 Å². The van der Waals surface area contributed by atoms with Gasteiger partial charge in [0.25, 0.3) is 5.91 Å². The van der Waals surface area contributed by atoms with E-state index < -0.39 is 0 Å². The average molecular weight is 287 g/mol. The third-order valence-electron chi connectivity index (χ3n) is 3.19. The van der Waals surface area contributed by atoms with Crippen molar-refractivity contribution in [1.82, 2.24) is 5.32 Å². The van der Waals surface area contributed by atoms with Gasteiger partial charge in [-0.2, -0.15) is 0 Å². The molecule has 1 amide bonds. The minimum atomic E-state index is -0.164. The Balaban J connectivity index is 1.90. The monoisotopic (exact) mass is 287 g/mol. The summed E-state index contributed by atoms with van der Waals surface area (Å²) in [5.41, 5.74) is 2.23. The van der Waals surface area contributed by atoms with Crippen LogP contribution in [0.2, 0.25) is 0 Å². The lowest BCUT2D eigenvalue weighted by Crippen LogP contribution is -2.28. The first-order chi connectivity index (χ1) is 10.1. The van der Waals surface area contributed by atoms with Gasteiger partial charge in [-0.1, -0.05) is 26.0 Å². The van der Waals surface area contributed by atoms with E-state index in [1.54, 1.807) is 12.3 Å². The number of carbonyl (C=O) groups excluding carboxylic acids is 1. The second-order valence-corrected chi connectivity index (χ2v) is 5.34. The number of amides is 1. The lowest BCUT2D eigenvalue weighted by molar-refractivity contribution is -0.123. The molecule has 0 radical (unpaired) electrons. The number of furan rings is 1. The van der Waals surface area contributed by atoms with Crippen molar-refractivity contribution >= 4 is 5.91 Å². The molecule has 1 heterocycles. The Morgan fingerprint density at radius 1 is 1.33 bits per heavy atom. The van der Waals surface area contributed by atoms with E-state index in [-0.39, 0.29) is 12.5 Å². The summed E-state index contributed by atoms with van der Waals surface area (Å²) in [7, 11) is 0. The number of aryl methyl sites for hydroxylation is 1. The third-order valence-corrected chi connectivity index (χ3v) is 3.19. The second kappa shape index (κ2) is 6.97. The molecule has 0 unspecified atom stereocenters. The highest BCUT2D eigenvalue weighted by Gasteiger charge is 2.10. The number of rotatable bonds is 6. The number of hydrogen-bond donors (Lipinski definition) is 1.